The van der Waals surface area contributed by atoms with Crippen molar-refractivity contribution in [2.24, 2.45) is 0 Å². The van der Waals surface area contributed by atoms with E-state index < -0.39 is 0 Å². The molecule has 21 heavy (non-hydrogen) atoms. The third-order valence-electron chi connectivity index (χ3n) is 3.75. The van der Waals surface area contributed by atoms with Crippen molar-refractivity contribution in [3.63, 3.8) is 0 Å². The van der Waals surface area contributed by atoms with Gasteiger partial charge in [-0.3, -0.25) is 0 Å². The molecule has 0 aliphatic rings. The third-order valence-corrected chi connectivity index (χ3v) is 4.61. The molecule has 0 atom stereocenters. The number of nitrogens with zero attached hydrogens (tertiary/aromatic N) is 1. The highest BCUT2D eigenvalue weighted by molar-refractivity contribution is 7.09. The molecule has 1 heterocycles. The SMILES string of the molecule is CCNCc1ccc(N(Cc2cccs2)C(C)C)cc1C. The third kappa shape index (κ3) is 4.32. The molecule has 2 aromatic rings. The number of rotatable bonds is 7. The van der Waals surface area contributed by atoms with Crippen molar-refractivity contribution in [1.29, 1.82) is 0 Å². The number of aryl methyl sites for hydroxylation is 1. The number of hydrogen-bond acceptors (Lipinski definition) is 3. The Hall–Kier alpha value is -1.32. The van der Waals surface area contributed by atoms with E-state index >= 15 is 0 Å². The van der Waals surface area contributed by atoms with Gasteiger partial charge >= 0.3 is 0 Å². The van der Waals surface area contributed by atoms with Crippen LogP contribution in [0.2, 0.25) is 0 Å². The molecule has 0 bridgehead atoms. The number of nitrogens with one attached hydrogen (secondary N) is 1. The van der Waals surface area contributed by atoms with Gasteiger partial charge in [-0.15, -0.1) is 11.3 Å². The summed E-state index contributed by atoms with van der Waals surface area (Å²) >= 11 is 1.83. The lowest BCUT2D eigenvalue weighted by Crippen LogP contribution is -2.29. The van der Waals surface area contributed by atoms with Crippen LogP contribution in [0.4, 0.5) is 5.69 Å². The van der Waals surface area contributed by atoms with Gasteiger partial charge in [0.05, 0.1) is 6.54 Å². The quantitative estimate of drug-likeness (QED) is 0.805. The maximum Gasteiger partial charge on any atom is 0.0525 e. The van der Waals surface area contributed by atoms with Crippen LogP contribution in [0.25, 0.3) is 0 Å². The van der Waals surface area contributed by atoms with Crippen molar-refractivity contribution < 1.29 is 0 Å². The summed E-state index contributed by atoms with van der Waals surface area (Å²) in [6.07, 6.45) is 0. The molecule has 0 unspecified atom stereocenters. The molecule has 0 saturated carbocycles. The second-order valence-corrected chi connectivity index (χ2v) is 6.72. The Labute approximate surface area is 132 Å². The lowest BCUT2D eigenvalue weighted by molar-refractivity contribution is 0.685. The fourth-order valence-corrected chi connectivity index (χ4v) is 3.16. The van der Waals surface area contributed by atoms with E-state index in [1.54, 1.807) is 0 Å². The van der Waals surface area contributed by atoms with Crippen molar-refractivity contribution in [3.8, 4) is 0 Å². The first-order chi connectivity index (χ1) is 10.1. The van der Waals surface area contributed by atoms with Crippen LogP contribution in [0.5, 0.6) is 0 Å². The largest absolute Gasteiger partial charge is 0.364 e. The molecule has 1 N–H and O–H groups in total. The van der Waals surface area contributed by atoms with Crippen LogP contribution in [-0.4, -0.2) is 12.6 Å². The van der Waals surface area contributed by atoms with Crippen molar-refractivity contribution in [1.82, 2.24) is 5.32 Å². The Morgan fingerprint density at radius 1 is 1.24 bits per heavy atom. The summed E-state index contributed by atoms with van der Waals surface area (Å²) in [6, 6.07) is 11.7. The lowest BCUT2D eigenvalue weighted by atomic mass is 10.1. The number of benzene rings is 1. The van der Waals surface area contributed by atoms with Crippen LogP contribution in [0.3, 0.4) is 0 Å². The Morgan fingerprint density at radius 3 is 2.62 bits per heavy atom. The summed E-state index contributed by atoms with van der Waals surface area (Å²) in [7, 11) is 0. The number of thiophene rings is 1. The van der Waals surface area contributed by atoms with E-state index in [0.717, 1.165) is 19.6 Å². The molecule has 0 spiro atoms. The monoisotopic (exact) mass is 302 g/mol. The molecule has 0 saturated heterocycles. The van der Waals surface area contributed by atoms with Crippen LogP contribution < -0.4 is 10.2 Å². The predicted molar refractivity (Wildman–Crippen MR) is 94.2 cm³/mol. The highest BCUT2D eigenvalue weighted by Gasteiger charge is 2.13. The van der Waals surface area contributed by atoms with E-state index in [9.17, 15) is 0 Å². The van der Waals surface area contributed by atoms with Crippen LogP contribution in [0.1, 0.15) is 36.8 Å². The molecular formula is C18H26N2S. The minimum atomic E-state index is 0.492. The smallest absolute Gasteiger partial charge is 0.0525 e. The summed E-state index contributed by atoms with van der Waals surface area (Å²) in [6.45, 7) is 11.8. The van der Waals surface area contributed by atoms with Crippen molar-refractivity contribution in [2.75, 3.05) is 11.4 Å². The summed E-state index contributed by atoms with van der Waals surface area (Å²) in [5, 5.41) is 5.55. The fourth-order valence-electron chi connectivity index (χ4n) is 2.46. The molecule has 114 valence electrons. The fraction of sp³-hybridized carbons (Fsp3) is 0.444. The van der Waals surface area contributed by atoms with Gasteiger partial charge in [0.25, 0.3) is 0 Å². The molecule has 1 aromatic carbocycles. The Balaban J connectivity index is 2.18. The average Bonchev–Trinajstić information content (AvgIpc) is 2.96. The van der Waals surface area contributed by atoms with Crippen LogP contribution in [0.15, 0.2) is 35.7 Å². The van der Waals surface area contributed by atoms with Crippen LogP contribution in [0, 0.1) is 6.92 Å². The van der Waals surface area contributed by atoms with Gasteiger partial charge < -0.3 is 10.2 Å². The van der Waals surface area contributed by atoms with Gasteiger partial charge in [0.1, 0.15) is 0 Å². The average molecular weight is 302 g/mol. The number of anilines is 1. The second-order valence-electron chi connectivity index (χ2n) is 5.69. The van der Waals surface area contributed by atoms with Gasteiger partial charge in [-0.2, -0.15) is 0 Å². The summed E-state index contributed by atoms with van der Waals surface area (Å²) in [5.74, 6) is 0. The van der Waals surface area contributed by atoms with Gasteiger partial charge in [0.2, 0.25) is 0 Å². The van der Waals surface area contributed by atoms with Gasteiger partial charge in [-0.25, -0.2) is 0 Å². The highest BCUT2D eigenvalue weighted by Crippen LogP contribution is 2.24. The zero-order valence-corrected chi connectivity index (χ0v) is 14.3. The molecule has 2 rings (SSSR count). The summed E-state index contributed by atoms with van der Waals surface area (Å²) < 4.78 is 0. The van der Waals surface area contributed by atoms with Crippen molar-refractivity contribution in [3.05, 3.63) is 51.7 Å². The summed E-state index contributed by atoms with van der Waals surface area (Å²) in [4.78, 5) is 3.88. The Bertz CT molecular complexity index is 546. The van der Waals surface area contributed by atoms with E-state index in [0.29, 0.717) is 6.04 Å². The Morgan fingerprint density at radius 2 is 2.05 bits per heavy atom. The zero-order valence-electron chi connectivity index (χ0n) is 13.5. The zero-order chi connectivity index (χ0) is 15.2. The Kier molecular flexibility index (Phi) is 5.83. The standard InChI is InChI=1S/C18H26N2S/c1-5-19-12-16-8-9-17(11-15(16)4)20(14(2)3)13-18-7-6-10-21-18/h6-11,14,19H,5,12-13H2,1-4H3. The maximum atomic E-state index is 3.40. The first-order valence-corrected chi connectivity index (χ1v) is 8.59. The first kappa shape index (κ1) is 16.1. The van der Waals surface area contributed by atoms with Crippen molar-refractivity contribution in [2.45, 2.75) is 46.8 Å². The highest BCUT2D eigenvalue weighted by atomic mass is 32.1. The minimum absolute atomic E-state index is 0.492. The van der Waals surface area contributed by atoms with E-state index in [1.807, 2.05) is 11.3 Å². The molecule has 1 aromatic heterocycles. The van der Waals surface area contributed by atoms with Gasteiger partial charge in [0, 0.05) is 23.2 Å². The number of hydrogen-bond donors (Lipinski definition) is 1. The molecule has 0 radical (unpaired) electrons. The molecule has 0 aliphatic heterocycles. The molecule has 2 nitrogen and oxygen atoms in total. The van der Waals surface area contributed by atoms with Crippen LogP contribution in [-0.2, 0) is 13.1 Å². The first-order valence-electron chi connectivity index (χ1n) is 7.71. The lowest BCUT2D eigenvalue weighted by Gasteiger charge is -2.29. The van der Waals surface area contributed by atoms with Gasteiger partial charge in [-0.1, -0.05) is 19.1 Å². The van der Waals surface area contributed by atoms with Gasteiger partial charge in [0.15, 0.2) is 0 Å². The molecule has 0 aliphatic carbocycles. The van der Waals surface area contributed by atoms with Crippen LogP contribution >= 0.6 is 11.3 Å². The van der Waals surface area contributed by atoms with E-state index in [2.05, 4.69) is 73.6 Å². The van der Waals surface area contributed by atoms with Crippen molar-refractivity contribution >= 4 is 17.0 Å². The predicted octanol–water partition coefficient (Wildman–Crippen LogP) is 4.58. The molecule has 3 heteroatoms. The van der Waals surface area contributed by atoms with E-state index in [1.165, 1.54) is 21.7 Å². The van der Waals surface area contributed by atoms with Gasteiger partial charge in [-0.05, 0) is 62.0 Å². The molecule has 0 fully saturated rings. The maximum absolute atomic E-state index is 3.40. The molecule has 0 amide bonds. The second kappa shape index (κ2) is 7.62. The summed E-state index contributed by atoms with van der Waals surface area (Å²) in [5.41, 5.74) is 4.07. The minimum Gasteiger partial charge on any atom is -0.364 e. The van der Waals surface area contributed by atoms with E-state index in [4.69, 9.17) is 0 Å². The molecular weight excluding hydrogens is 276 g/mol. The van der Waals surface area contributed by atoms with E-state index in [-0.39, 0.29) is 0 Å². The topological polar surface area (TPSA) is 15.3 Å². The normalized spacial score (nSPS) is 11.1.